The van der Waals surface area contributed by atoms with Crippen LogP contribution < -0.4 is 15.1 Å². The van der Waals surface area contributed by atoms with Crippen LogP contribution in [0.25, 0.3) is 0 Å². The quantitative estimate of drug-likeness (QED) is 0.300. The van der Waals surface area contributed by atoms with Crippen LogP contribution in [0.3, 0.4) is 0 Å². The fourth-order valence-electron chi connectivity index (χ4n) is 2.15. The van der Waals surface area contributed by atoms with Gasteiger partial charge in [-0.25, -0.2) is 0 Å². The smallest absolute Gasteiger partial charge is 0.211 e. The SMILES string of the molecule is O=P([O-])(O)C([NH2+]C1CCCCCC1)P(=O)([O-])O.[OH3+]. The van der Waals surface area contributed by atoms with Gasteiger partial charge in [-0.1, -0.05) is 12.8 Å². The van der Waals surface area contributed by atoms with Crippen LogP contribution in [0.15, 0.2) is 0 Å². The highest BCUT2D eigenvalue weighted by atomic mass is 31.2. The minimum absolute atomic E-state index is 0. The van der Waals surface area contributed by atoms with E-state index in [0.717, 1.165) is 31.0 Å². The molecule has 0 amide bonds. The van der Waals surface area contributed by atoms with Gasteiger partial charge in [-0.15, -0.1) is 0 Å². The molecule has 10 heteroatoms. The van der Waals surface area contributed by atoms with E-state index in [0.29, 0.717) is 12.8 Å². The summed E-state index contributed by atoms with van der Waals surface area (Å²) in [6.45, 7) is 0. The molecule has 0 aromatic rings. The summed E-state index contributed by atoms with van der Waals surface area (Å²) in [6.07, 6.45) is 5.26. The van der Waals surface area contributed by atoms with Gasteiger partial charge in [0.1, 0.15) is 0 Å². The molecule has 110 valence electrons. The van der Waals surface area contributed by atoms with Gasteiger partial charge in [0, 0.05) is 0 Å². The van der Waals surface area contributed by atoms with Crippen LogP contribution in [0.1, 0.15) is 38.5 Å². The van der Waals surface area contributed by atoms with Gasteiger partial charge in [0.25, 0.3) is 0 Å². The Hall–Kier alpha value is 0.220. The van der Waals surface area contributed by atoms with Gasteiger partial charge >= 0.3 is 0 Å². The third-order valence-electron chi connectivity index (χ3n) is 3.01. The summed E-state index contributed by atoms with van der Waals surface area (Å²) in [4.78, 5) is 39.6. The van der Waals surface area contributed by atoms with Crippen molar-refractivity contribution in [1.82, 2.24) is 0 Å². The Morgan fingerprint density at radius 3 is 1.72 bits per heavy atom. The first kappa shape index (κ1) is 18.2. The lowest BCUT2D eigenvalue weighted by Gasteiger charge is -2.33. The van der Waals surface area contributed by atoms with E-state index in [1.54, 1.807) is 0 Å². The minimum Gasteiger partial charge on any atom is -0.774 e. The first-order valence-corrected chi connectivity index (χ1v) is 8.92. The summed E-state index contributed by atoms with van der Waals surface area (Å²) in [5, 5.41) is 1.06. The van der Waals surface area contributed by atoms with E-state index in [9.17, 15) is 18.9 Å². The number of nitrogens with two attached hydrogens (primary N) is 1. The summed E-state index contributed by atoms with van der Waals surface area (Å²) in [7, 11) is -10.2. The van der Waals surface area contributed by atoms with Gasteiger partial charge in [0.2, 0.25) is 5.52 Å². The molecule has 1 rings (SSSR count). The highest BCUT2D eigenvalue weighted by molar-refractivity contribution is 7.68. The van der Waals surface area contributed by atoms with E-state index in [2.05, 4.69) is 0 Å². The molecule has 1 aliphatic carbocycles. The van der Waals surface area contributed by atoms with Gasteiger partial charge in [-0.05, 0) is 25.7 Å². The summed E-state index contributed by atoms with van der Waals surface area (Å²) >= 11 is 0. The lowest BCUT2D eigenvalue weighted by Crippen LogP contribution is -2.95. The number of hydrogen-bond donors (Lipinski definition) is 3. The lowest BCUT2D eigenvalue weighted by atomic mass is 10.1. The zero-order valence-corrected chi connectivity index (χ0v) is 11.8. The van der Waals surface area contributed by atoms with E-state index < -0.39 is 20.7 Å². The molecule has 8 nitrogen and oxygen atoms in total. The van der Waals surface area contributed by atoms with Crippen molar-refractivity contribution in [2.75, 3.05) is 0 Å². The van der Waals surface area contributed by atoms with Gasteiger partial charge < -0.3 is 39.5 Å². The molecule has 7 N–H and O–H groups in total. The first-order valence-electron chi connectivity index (χ1n) is 5.63. The summed E-state index contributed by atoms with van der Waals surface area (Å²) in [5.41, 5.74) is -2.17. The first-order chi connectivity index (χ1) is 7.71. The van der Waals surface area contributed by atoms with Crippen LogP contribution in [-0.4, -0.2) is 21.4 Å². The van der Waals surface area contributed by atoms with Crippen molar-refractivity contribution in [2.45, 2.75) is 50.1 Å². The second kappa shape index (κ2) is 7.12. The summed E-state index contributed by atoms with van der Waals surface area (Å²) in [6, 6.07) is -0.189. The zero-order chi connectivity index (χ0) is 13.1. The van der Waals surface area contributed by atoms with E-state index in [1.807, 2.05) is 0 Å². The Kier molecular flexibility index (Phi) is 7.21. The van der Waals surface area contributed by atoms with Crippen molar-refractivity contribution in [1.29, 1.82) is 0 Å². The van der Waals surface area contributed by atoms with Crippen molar-refractivity contribution in [3.8, 4) is 0 Å². The monoisotopic (exact) mass is 305 g/mol. The van der Waals surface area contributed by atoms with Crippen LogP contribution >= 0.6 is 15.2 Å². The van der Waals surface area contributed by atoms with E-state index in [4.69, 9.17) is 9.79 Å². The Morgan fingerprint density at radius 2 is 1.39 bits per heavy atom. The Labute approximate surface area is 105 Å². The molecule has 0 aliphatic heterocycles. The molecule has 0 aromatic heterocycles. The molecular formula is C8H21NO7P2. The van der Waals surface area contributed by atoms with Crippen LogP contribution in [-0.2, 0) is 14.6 Å². The van der Waals surface area contributed by atoms with Crippen LogP contribution in [0.2, 0.25) is 0 Å². The Balaban J connectivity index is 0.00000289. The van der Waals surface area contributed by atoms with Crippen LogP contribution in [0.4, 0.5) is 0 Å². The number of hydrogen-bond acceptors (Lipinski definition) is 4. The van der Waals surface area contributed by atoms with E-state index in [-0.39, 0.29) is 11.5 Å². The maximum atomic E-state index is 11.0. The summed E-state index contributed by atoms with van der Waals surface area (Å²) < 4.78 is 21.9. The normalized spacial score (nSPS) is 26.2. The molecule has 0 spiro atoms. The molecule has 0 bridgehead atoms. The molecular weight excluding hydrogens is 284 g/mol. The minimum atomic E-state index is -5.11. The maximum Gasteiger partial charge on any atom is 0.211 e. The molecule has 1 saturated carbocycles. The van der Waals surface area contributed by atoms with Crippen LogP contribution in [0.5, 0.6) is 0 Å². The zero-order valence-electron chi connectivity index (χ0n) is 9.97. The second-order valence-corrected chi connectivity index (χ2v) is 8.26. The Morgan fingerprint density at radius 1 is 1.00 bits per heavy atom. The average Bonchev–Trinajstić information content (AvgIpc) is 2.38. The molecule has 1 aliphatic rings. The summed E-state index contributed by atoms with van der Waals surface area (Å²) in [5.74, 6) is 0. The van der Waals surface area contributed by atoms with Crippen molar-refractivity contribution >= 4 is 15.2 Å². The predicted molar refractivity (Wildman–Crippen MR) is 61.7 cm³/mol. The second-order valence-electron chi connectivity index (χ2n) is 4.49. The molecule has 0 saturated heterocycles. The fourth-order valence-corrected chi connectivity index (χ4v) is 4.55. The van der Waals surface area contributed by atoms with Gasteiger partial charge in [0.15, 0.2) is 15.2 Å². The number of quaternary nitrogens is 1. The van der Waals surface area contributed by atoms with Crippen LogP contribution in [0, 0.1) is 0 Å². The van der Waals surface area contributed by atoms with Crippen molar-refractivity contribution in [3.63, 3.8) is 0 Å². The maximum absolute atomic E-state index is 11.0. The predicted octanol–water partition coefficient (Wildman–Crippen LogP) is -2.27. The van der Waals surface area contributed by atoms with Gasteiger partial charge in [-0.2, -0.15) is 0 Å². The third kappa shape index (κ3) is 5.91. The molecule has 18 heavy (non-hydrogen) atoms. The molecule has 2 atom stereocenters. The average molecular weight is 305 g/mol. The van der Waals surface area contributed by atoms with Gasteiger partial charge in [0.05, 0.1) is 6.04 Å². The van der Waals surface area contributed by atoms with Gasteiger partial charge in [-0.3, -0.25) is 0 Å². The molecule has 0 aromatic carbocycles. The molecule has 2 unspecified atom stereocenters. The van der Waals surface area contributed by atoms with E-state index >= 15 is 0 Å². The topological polar surface area (TPSA) is 170 Å². The molecule has 1 fully saturated rings. The third-order valence-corrected chi connectivity index (χ3v) is 6.45. The van der Waals surface area contributed by atoms with E-state index in [1.165, 1.54) is 0 Å². The highest BCUT2D eigenvalue weighted by Crippen LogP contribution is 2.51. The molecule has 0 radical (unpaired) electrons. The lowest BCUT2D eigenvalue weighted by molar-refractivity contribution is -0.695. The number of rotatable bonds is 4. The van der Waals surface area contributed by atoms with Crippen molar-refractivity contribution in [3.05, 3.63) is 0 Å². The largest absolute Gasteiger partial charge is 0.774 e. The van der Waals surface area contributed by atoms with Crippen molar-refractivity contribution < 1.29 is 39.5 Å². The highest BCUT2D eigenvalue weighted by Gasteiger charge is 2.36. The van der Waals surface area contributed by atoms with Crippen molar-refractivity contribution in [2.24, 2.45) is 0 Å². The fraction of sp³-hybridized carbons (Fsp3) is 1.00. The standard InChI is InChI=1S/C8H19NO6P2.H2O/c10-16(11,12)8(17(13,14)15)9-7-5-3-1-2-4-6-7;/h7-9H,1-6H2,(H2,10,11,12)(H2,13,14,15);1H2. The molecule has 0 heterocycles. The Bertz CT molecular complexity index is 308.